The lowest BCUT2D eigenvalue weighted by atomic mass is 9.98. The van der Waals surface area contributed by atoms with Crippen LogP contribution in [0.1, 0.15) is 40.0 Å². The second kappa shape index (κ2) is 6.36. The Hall–Kier alpha value is -0.610. The molecule has 0 unspecified atom stereocenters. The van der Waals surface area contributed by atoms with Crippen molar-refractivity contribution in [3.63, 3.8) is 0 Å². The molecule has 1 heterocycles. The molecule has 2 N–H and O–H groups in total. The lowest BCUT2D eigenvalue weighted by Crippen LogP contribution is -2.51. The first-order valence-electron chi connectivity index (χ1n) is 6.62. The van der Waals surface area contributed by atoms with Gasteiger partial charge in [-0.3, -0.25) is 9.69 Å². The number of hydrogen-bond acceptors (Lipinski definition) is 3. The molecule has 4 heteroatoms. The maximum absolute atomic E-state index is 11.6. The van der Waals surface area contributed by atoms with Gasteiger partial charge in [0.25, 0.3) is 0 Å². The highest BCUT2D eigenvalue weighted by Crippen LogP contribution is 2.19. The van der Waals surface area contributed by atoms with Gasteiger partial charge in [0.05, 0.1) is 0 Å². The smallest absolute Gasteiger partial charge is 0.221 e. The van der Waals surface area contributed by atoms with Crippen molar-refractivity contribution in [2.75, 3.05) is 26.7 Å². The molecular weight excluding hydrogens is 214 g/mol. The van der Waals surface area contributed by atoms with E-state index in [1.807, 2.05) is 7.05 Å². The minimum Gasteiger partial charge on any atom is -0.353 e. The van der Waals surface area contributed by atoms with E-state index in [4.69, 9.17) is 0 Å². The normalized spacial score (nSPS) is 19.3. The van der Waals surface area contributed by atoms with Crippen LogP contribution in [0.25, 0.3) is 0 Å². The molecule has 0 atom stereocenters. The second-order valence-electron chi connectivity index (χ2n) is 5.85. The quantitative estimate of drug-likeness (QED) is 0.771. The number of piperidine rings is 1. The monoisotopic (exact) mass is 241 g/mol. The lowest BCUT2D eigenvalue weighted by molar-refractivity contribution is -0.122. The number of carbonyl (C=O) groups excluding carboxylic acids is 1. The van der Waals surface area contributed by atoms with E-state index in [0.29, 0.717) is 12.5 Å². The van der Waals surface area contributed by atoms with Crippen LogP contribution in [0.2, 0.25) is 0 Å². The van der Waals surface area contributed by atoms with E-state index in [1.165, 1.54) is 0 Å². The summed E-state index contributed by atoms with van der Waals surface area (Å²) < 4.78 is 0. The van der Waals surface area contributed by atoms with Crippen LogP contribution in [0.5, 0.6) is 0 Å². The van der Waals surface area contributed by atoms with Gasteiger partial charge in [0, 0.05) is 37.6 Å². The first kappa shape index (κ1) is 14.5. The summed E-state index contributed by atoms with van der Waals surface area (Å²) >= 11 is 0. The van der Waals surface area contributed by atoms with Gasteiger partial charge in [0.2, 0.25) is 5.91 Å². The number of likely N-dealkylation sites (tertiary alicyclic amines) is 1. The SMILES string of the molecule is CNCCC(=O)NC1CCN(C(C)(C)C)CC1. The molecule has 0 aromatic heterocycles. The highest BCUT2D eigenvalue weighted by Gasteiger charge is 2.27. The maximum atomic E-state index is 11.6. The molecule has 0 spiro atoms. The van der Waals surface area contributed by atoms with Crippen LogP contribution >= 0.6 is 0 Å². The molecule has 0 aromatic rings. The van der Waals surface area contributed by atoms with E-state index in [-0.39, 0.29) is 11.4 Å². The summed E-state index contributed by atoms with van der Waals surface area (Å²) in [5, 5.41) is 6.11. The van der Waals surface area contributed by atoms with Crippen LogP contribution in [-0.4, -0.2) is 49.1 Å². The van der Waals surface area contributed by atoms with Crippen LogP contribution in [0.4, 0.5) is 0 Å². The summed E-state index contributed by atoms with van der Waals surface area (Å²) in [6.07, 6.45) is 2.72. The molecule has 1 fully saturated rings. The summed E-state index contributed by atoms with van der Waals surface area (Å²) in [7, 11) is 1.87. The molecule has 0 saturated carbocycles. The van der Waals surface area contributed by atoms with Crippen LogP contribution in [-0.2, 0) is 4.79 Å². The molecule has 1 aliphatic heterocycles. The topological polar surface area (TPSA) is 44.4 Å². The second-order valence-corrected chi connectivity index (χ2v) is 5.85. The van der Waals surface area contributed by atoms with E-state index in [0.717, 1.165) is 32.5 Å². The number of hydrogen-bond donors (Lipinski definition) is 2. The zero-order valence-corrected chi connectivity index (χ0v) is 11.7. The van der Waals surface area contributed by atoms with Gasteiger partial charge in [0.15, 0.2) is 0 Å². The Labute approximate surface area is 105 Å². The summed E-state index contributed by atoms with van der Waals surface area (Å²) in [5.41, 5.74) is 0.251. The van der Waals surface area contributed by atoms with Crippen molar-refractivity contribution in [1.82, 2.24) is 15.5 Å². The van der Waals surface area contributed by atoms with Gasteiger partial charge in [-0.05, 0) is 40.7 Å². The molecule has 1 rings (SSSR count). The highest BCUT2D eigenvalue weighted by atomic mass is 16.1. The predicted octanol–water partition coefficient (Wildman–Crippen LogP) is 0.975. The molecule has 1 saturated heterocycles. The summed E-state index contributed by atoms with van der Waals surface area (Å²) in [6.45, 7) is 9.67. The van der Waals surface area contributed by atoms with E-state index in [1.54, 1.807) is 0 Å². The molecule has 17 heavy (non-hydrogen) atoms. The van der Waals surface area contributed by atoms with Crippen LogP contribution < -0.4 is 10.6 Å². The fourth-order valence-corrected chi connectivity index (χ4v) is 2.23. The van der Waals surface area contributed by atoms with Gasteiger partial charge in [-0.15, -0.1) is 0 Å². The molecule has 0 aliphatic carbocycles. The molecule has 1 aliphatic rings. The summed E-state index contributed by atoms with van der Waals surface area (Å²) in [5.74, 6) is 0.175. The van der Waals surface area contributed by atoms with Crippen molar-refractivity contribution < 1.29 is 4.79 Å². The first-order valence-corrected chi connectivity index (χ1v) is 6.62. The van der Waals surface area contributed by atoms with Crippen molar-refractivity contribution in [1.29, 1.82) is 0 Å². The Morgan fingerprint density at radius 3 is 2.35 bits per heavy atom. The fourth-order valence-electron chi connectivity index (χ4n) is 2.23. The van der Waals surface area contributed by atoms with Crippen molar-refractivity contribution in [2.24, 2.45) is 0 Å². The molecule has 0 radical (unpaired) electrons. The number of carbonyl (C=O) groups is 1. The Kier molecular flexibility index (Phi) is 5.40. The zero-order valence-electron chi connectivity index (χ0n) is 11.7. The van der Waals surface area contributed by atoms with Gasteiger partial charge in [-0.2, -0.15) is 0 Å². The van der Waals surface area contributed by atoms with E-state index >= 15 is 0 Å². The lowest BCUT2D eigenvalue weighted by Gasteiger charge is -2.41. The van der Waals surface area contributed by atoms with Gasteiger partial charge < -0.3 is 10.6 Å². The third-order valence-electron chi connectivity index (χ3n) is 3.41. The molecule has 0 aromatic carbocycles. The molecule has 100 valence electrons. The number of rotatable bonds is 4. The third-order valence-corrected chi connectivity index (χ3v) is 3.41. The largest absolute Gasteiger partial charge is 0.353 e. The number of nitrogens with one attached hydrogen (secondary N) is 2. The average Bonchev–Trinajstić information content (AvgIpc) is 2.26. The van der Waals surface area contributed by atoms with Crippen LogP contribution in [0, 0.1) is 0 Å². The Bertz CT molecular complexity index is 240. The standard InChI is InChI=1S/C13H27N3O/c1-13(2,3)16-9-6-11(7-10-16)15-12(17)5-8-14-4/h11,14H,5-10H2,1-4H3,(H,15,17). The van der Waals surface area contributed by atoms with E-state index in [2.05, 4.69) is 36.3 Å². The summed E-state index contributed by atoms with van der Waals surface area (Å²) in [6, 6.07) is 0.373. The van der Waals surface area contributed by atoms with Gasteiger partial charge in [-0.25, -0.2) is 0 Å². The molecule has 0 bridgehead atoms. The molecule has 1 amide bonds. The van der Waals surface area contributed by atoms with Crippen molar-refractivity contribution in [2.45, 2.75) is 51.6 Å². The number of amides is 1. The third kappa shape index (κ3) is 5.04. The minimum absolute atomic E-state index is 0.175. The zero-order chi connectivity index (χ0) is 12.9. The van der Waals surface area contributed by atoms with Crippen molar-refractivity contribution in [3.8, 4) is 0 Å². The molecule has 4 nitrogen and oxygen atoms in total. The van der Waals surface area contributed by atoms with Gasteiger partial charge in [0.1, 0.15) is 0 Å². The molecular formula is C13H27N3O. The van der Waals surface area contributed by atoms with Crippen molar-refractivity contribution in [3.05, 3.63) is 0 Å². The van der Waals surface area contributed by atoms with Crippen LogP contribution in [0.3, 0.4) is 0 Å². The first-order chi connectivity index (χ1) is 7.93. The maximum Gasteiger partial charge on any atom is 0.221 e. The van der Waals surface area contributed by atoms with Crippen molar-refractivity contribution >= 4 is 5.91 Å². The Morgan fingerprint density at radius 2 is 1.88 bits per heavy atom. The minimum atomic E-state index is 0.175. The Morgan fingerprint density at radius 1 is 1.29 bits per heavy atom. The van der Waals surface area contributed by atoms with E-state index in [9.17, 15) is 4.79 Å². The van der Waals surface area contributed by atoms with Gasteiger partial charge in [-0.1, -0.05) is 0 Å². The predicted molar refractivity (Wildman–Crippen MR) is 71.0 cm³/mol. The fraction of sp³-hybridized carbons (Fsp3) is 0.923. The highest BCUT2D eigenvalue weighted by molar-refractivity contribution is 5.76. The van der Waals surface area contributed by atoms with E-state index < -0.39 is 0 Å². The van der Waals surface area contributed by atoms with Crippen LogP contribution in [0.15, 0.2) is 0 Å². The number of nitrogens with zero attached hydrogens (tertiary/aromatic N) is 1. The average molecular weight is 241 g/mol. The summed E-state index contributed by atoms with van der Waals surface area (Å²) in [4.78, 5) is 14.1. The Balaban J connectivity index is 2.25. The van der Waals surface area contributed by atoms with Gasteiger partial charge >= 0.3 is 0 Å².